The van der Waals surface area contributed by atoms with Crippen molar-refractivity contribution < 1.29 is 29.0 Å². The third-order valence-electron chi connectivity index (χ3n) is 6.28. The third-order valence-corrected chi connectivity index (χ3v) is 6.28. The number of ether oxygens (including phenoxy) is 1. The quantitative estimate of drug-likeness (QED) is 0.134. The zero-order valence-electron chi connectivity index (χ0n) is 22.1. The Morgan fingerprint density at radius 3 is 2.16 bits per heavy atom. The minimum absolute atomic E-state index is 0.238. The molecule has 37 heavy (non-hydrogen) atoms. The van der Waals surface area contributed by atoms with Crippen molar-refractivity contribution in [3.63, 3.8) is 0 Å². The van der Waals surface area contributed by atoms with Crippen molar-refractivity contribution >= 4 is 23.9 Å². The topological polar surface area (TPSA) is 162 Å². The molecule has 1 aromatic rings. The van der Waals surface area contributed by atoms with Crippen molar-refractivity contribution in [2.24, 2.45) is 17.4 Å². The first kappa shape index (κ1) is 32.2. The van der Waals surface area contributed by atoms with Gasteiger partial charge in [-0.1, -0.05) is 58.3 Å². The number of amides is 1. The first-order valence-corrected chi connectivity index (χ1v) is 13.5. The van der Waals surface area contributed by atoms with Crippen LogP contribution in [0.15, 0.2) is 24.3 Å². The summed E-state index contributed by atoms with van der Waals surface area (Å²) in [6.45, 7) is 3.26. The molecule has 0 bridgehead atoms. The number of ketones is 1. The van der Waals surface area contributed by atoms with Crippen molar-refractivity contribution in [2.75, 3.05) is 13.2 Å². The number of rotatable bonds is 22. The zero-order chi connectivity index (χ0) is 27.5. The number of carbonyl (C=O) groups is 3. The molecule has 9 heteroatoms. The van der Waals surface area contributed by atoms with Crippen LogP contribution < -0.4 is 21.5 Å². The van der Waals surface area contributed by atoms with Crippen molar-refractivity contribution in [3.05, 3.63) is 29.8 Å². The number of hydrogen-bond donors (Lipinski definition) is 4. The predicted octanol–water partition coefficient (Wildman–Crippen LogP) is 3.53. The number of aliphatic carboxylic acids is 1. The molecule has 1 unspecified atom stereocenters. The van der Waals surface area contributed by atoms with Gasteiger partial charge in [-0.15, -0.1) is 0 Å². The van der Waals surface area contributed by atoms with Gasteiger partial charge in [0.25, 0.3) is 5.91 Å². The van der Waals surface area contributed by atoms with E-state index in [1.54, 1.807) is 30.6 Å². The summed E-state index contributed by atoms with van der Waals surface area (Å²) in [6, 6.07) is 4.03. The molecule has 0 saturated carbocycles. The molecule has 207 valence electrons. The Balaban J connectivity index is 2.52. The molecule has 1 amide bonds. The van der Waals surface area contributed by atoms with E-state index in [0.29, 0.717) is 38.2 Å². The van der Waals surface area contributed by atoms with Gasteiger partial charge in [-0.05, 0) is 56.5 Å². The van der Waals surface area contributed by atoms with Gasteiger partial charge in [-0.2, -0.15) is 0 Å². The molecule has 0 aliphatic heterocycles. The van der Waals surface area contributed by atoms with Crippen molar-refractivity contribution in [1.29, 1.82) is 0 Å². The Bertz CT molecular complexity index is 815. The lowest BCUT2D eigenvalue weighted by atomic mass is 9.90. The van der Waals surface area contributed by atoms with Gasteiger partial charge in [-0.25, -0.2) is 4.79 Å². The van der Waals surface area contributed by atoms with Gasteiger partial charge in [0.2, 0.25) is 6.29 Å². The average molecular weight is 519 g/mol. The van der Waals surface area contributed by atoms with E-state index in [2.05, 4.69) is 12.2 Å². The molecule has 0 spiro atoms. The smallest absolute Gasteiger partial charge is 0.326 e. The maximum absolute atomic E-state index is 12.6. The lowest BCUT2D eigenvalue weighted by Gasteiger charge is -2.19. The average Bonchev–Trinajstić information content (AvgIpc) is 2.89. The predicted molar refractivity (Wildman–Crippen MR) is 143 cm³/mol. The third kappa shape index (κ3) is 13.4. The van der Waals surface area contributed by atoms with Gasteiger partial charge in [-0.3, -0.25) is 14.4 Å². The van der Waals surface area contributed by atoms with Crippen LogP contribution in [-0.2, 0) is 14.4 Å². The van der Waals surface area contributed by atoms with Crippen molar-refractivity contribution in [2.45, 2.75) is 96.1 Å². The Labute approximate surface area is 220 Å². The van der Waals surface area contributed by atoms with Gasteiger partial charge in [0.1, 0.15) is 11.8 Å². The molecule has 1 aromatic carbocycles. The fourth-order valence-corrected chi connectivity index (χ4v) is 3.96. The summed E-state index contributed by atoms with van der Waals surface area (Å²) in [5.74, 6) is -3.30. The second-order valence-electron chi connectivity index (χ2n) is 9.41. The molecule has 9 nitrogen and oxygen atoms in total. The number of Topliss-reactive ketones (excluding diaryl/α,β-unsaturated/α-hetero) is 1. The highest BCUT2D eigenvalue weighted by atomic mass is 16.5. The van der Waals surface area contributed by atoms with Crippen LogP contribution in [0.25, 0.3) is 0 Å². The first-order chi connectivity index (χ1) is 17.8. The van der Waals surface area contributed by atoms with E-state index in [-0.39, 0.29) is 5.56 Å². The summed E-state index contributed by atoms with van der Waals surface area (Å²) < 4.78 is 5.73. The molecule has 0 heterocycles. The second-order valence-corrected chi connectivity index (χ2v) is 9.41. The fourth-order valence-electron chi connectivity index (χ4n) is 3.96. The monoisotopic (exact) mass is 518 g/mol. The van der Waals surface area contributed by atoms with E-state index in [1.165, 1.54) is 38.5 Å². The lowest BCUT2D eigenvalue weighted by molar-refractivity contribution is -0.139. The van der Waals surface area contributed by atoms with E-state index < -0.39 is 42.1 Å². The van der Waals surface area contributed by atoms with E-state index in [4.69, 9.17) is 16.2 Å². The van der Waals surface area contributed by atoms with Crippen LogP contribution in [0.5, 0.6) is 5.75 Å². The SMILES string of the molecule is CCCCCCCCCCOc1ccc(C(=O)N[C@@H](CC([C]=O)C(=O)[C@@H](N)CCCCN)C(=O)O)cc1. The first-order valence-electron chi connectivity index (χ1n) is 13.5. The highest BCUT2D eigenvalue weighted by Gasteiger charge is 2.31. The standard InChI is InChI=1S/C28H44N3O6/c1-2-3-4-5-6-7-8-11-18-37-23-15-13-21(14-16-23)27(34)31-25(28(35)36)19-22(20-32)26(33)24(30)12-9-10-17-29/h13-16,22,24-25H,2-12,17-19,29-30H2,1H3,(H,31,34)(H,35,36)/t22?,24-,25-/m0/s1. The largest absolute Gasteiger partial charge is 0.494 e. The molecule has 0 fully saturated rings. The van der Waals surface area contributed by atoms with Crippen LogP contribution >= 0.6 is 0 Å². The molecule has 1 radical (unpaired) electrons. The fraction of sp³-hybridized carbons (Fsp3) is 0.643. The summed E-state index contributed by atoms with van der Waals surface area (Å²) in [4.78, 5) is 48.2. The maximum Gasteiger partial charge on any atom is 0.326 e. The number of carboxylic acids is 1. The normalized spacial score (nSPS) is 13.4. The number of unbranched alkanes of at least 4 members (excludes halogenated alkanes) is 8. The second kappa shape index (κ2) is 19.3. The van der Waals surface area contributed by atoms with Gasteiger partial charge in [0, 0.05) is 5.56 Å². The lowest BCUT2D eigenvalue weighted by Crippen LogP contribution is -2.45. The number of nitrogens with two attached hydrogens (primary N) is 2. The van der Waals surface area contributed by atoms with E-state index in [1.807, 2.05) is 0 Å². The minimum Gasteiger partial charge on any atom is -0.494 e. The summed E-state index contributed by atoms with van der Waals surface area (Å²) in [7, 11) is 0. The number of carboxylic acid groups (broad SMARTS) is 1. The molecular weight excluding hydrogens is 474 g/mol. The van der Waals surface area contributed by atoms with Crippen LogP contribution in [0.1, 0.15) is 94.3 Å². The van der Waals surface area contributed by atoms with Gasteiger partial charge >= 0.3 is 5.97 Å². The van der Waals surface area contributed by atoms with Crippen LogP contribution in [0.3, 0.4) is 0 Å². The van der Waals surface area contributed by atoms with Crippen LogP contribution in [0, 0.1) is 5.92 Å². The summed E-state index contributed by atoms with van der Waals surface area (Å²) >= 11 is 0. The van der Waals surface area contributed by atoms with E-state index >= 15 is 0 Å². The van der Waals surface area contributed by atoms with Crippen molar-refractivity contribution in [1.82, 2.24) is 5.32 Å². The van der Waals surface area contributed by atoms with E-state index in [9.17, 15) is 24.3 Å². The highest BCUT2D eigenvalue weighted by Crippen LogP contribution is 2.16. The zero-order valence-corrected chi connectivity index (χ0v) is 22.1. The minimum atomic E-state index is -1.45. The molecule has 0 aliphatic carbocycles. The Hall–Kier alpha value is -2.78. The van der Waals surface area contributed by atoms with Crippen LogP contribution in [-0.4, -0.2) is 54.3 Å². The maximum atomic E-state index is 12.6. The number of nitrogens with one attached hydrogen (secondary N) is 1. The molecule has 0 aliphatic rings. The van der Waals surface area contributed by atoms with Gasteiger partial charge < -0.3 is 26.6 Å². The Morgan fingerprint density at radius 2 is 1.59 bits per heavy atom. The van der Waals surface area contributed by atoms with Crippen LogP contribution in [0.2, 0.25) is 0 Å². The number of hydrogen-bond acceptors (Lipinski definition) is 7. The number of carbonyl (C=O) groups excluding carboxylic acids is 3. The molecule has 3 atom stereocenters. The Kier molecular flexibility index (Phi) is 16.9. The summed E-state index contributed by atoms with van der Waals surface area (Å²) in [5.41, 5.74) is 11.5. The van der Waals surface area contributed by atoms with Crippen LogP contribution in [0.4, 0.5) is 0 Å². The number of benzene rings is 1. The van der Waals surface area contributed by atoms with E-state index in [0.717, 1.165) is 12.8 Å². The van der Waals surface area contributed by atoms with Gasteiger partial charge in [0.05, 0.1) is 18.6 Å². The van der Waals surface area contributed by atoms with Gasteiger partial charge in [0.15, 0.2) is 5.78 Å². The summed E-state index contributed by atoms with van der Waals surface area (Å²) in [6.07, 6.45) is 12.5. The molecule has 6 N–H and O–H groups in total. The highest BCUT2D eigenvalue weighted by molar-refractivity contribution is 5.99. The molecule has 0 aromatic heterocycles. The molecule has 1 rings (SSSR count). The molecule has 0 saturated heterocycles. The summed E-state index contributed by atoms with van der Waals surface area (Å²) in [5, 5.41) is 11.9. The van der Waals surface area contributed by atoms with Crippen molar-refractivity contribution in [3.8, 4) is 5.75 Å². The Morgan fingerprint density at radius 1 is 0.973 bits per heavy atom. The molecular formula is C28H44N3O6.